The standard InChI is InChI=1S/C12H14ClN3/c1-3-16-7-6-14-12(16)15-11-8-10(13)5-4-9(11)2/h4-8H,3H2,1-2H3,(H,14,15). The molecule has 0 aliphatic carbocycles. The summed E-state index contributed by atoms with van der Waals surface area (Å²) in [6.07, 6.45) is 3.73. The van der Waals surface area contributed by atoms with Crippen LogP contribution in [-0.2, 0) is 6.54 Å². The Labute approximate surface area is 100 Å². The molecule has 1 N–H and O–H groups in total. The number of anilines is 2. The quantitative estimate of drug-likeness (QED) is 0.881. The zero-order valence-electron chi connectivity index (χ0n) is 9.37. The lowest BCUT2D eigenvalue weighted by Crippen LogP contribution is -2.02. The van der Waals surface area contributed by atoms with Crippen LogP contribution in [0.15, 0.2) is 30.6 Å². The number of aryl methyl sites for hydroxylation is 2. The summed E-state index contributed by atoms with van der Waals surface area (Å²) in [5.41, 5.74) is 2.14. The van der Waals surface area contributed by atoms with Gasteiger partial charge >= 0.3 is 0 Å². The van der Waals surface area contributed by atoms with Gasteiger partial charge in [0.25, 0.3) is 0 Å². The molecule has 1 heterocycles. The van der Waals surface area contributed by atoms with Gasteiger partial charge in [-0.2, -0.15) is 0 Å². The number of nitrogens with zero attached hydrogens (tertiary/aromatic N) is 2. The Hall–Kier alpha value is -1.48. The molecule has 0 fully saturated rings. The second kappa shape index (κ2) is 4.58. The highest BCUT2D eigenvalue weighted by atomic mass is 35.5. The van der Waals surface area contributed by atoms with Crippen molar-refractivity contribution in [1.29, 1.82) is 0 Å². The van der Waals surface area contributed by atoms with Crippen molar-refractivity contribution < 1.29 is 0 Å². The third kappa shape index (κ3) is 2.19. The maximum atomic E-state index is 5.96. The summed E-state index contributed by atoms with van der Waals surface area (Å²) in [6, 6.07) is 5.78. The van der Waals surface area contributed by atoms with Crippen LogP contribution >= 0.6 is 11.6 Å². The van der Waals surface area contributed by atoms with E-state index in [0.29, 0.717) is 0 Å². The summed E-state index contributed by atoms with van der Waals surface area (Å²) in [6.45, 7) is 5.01. The average molecular weight is 236 g/mol. The Morgan fingerprint density at radius 2 is 2.25 bits per heavy atom. The average Bonchev–Trinajstić information content (AvgIpc) is 2.71. The lowest BCUT2D eigenvalue weighted by molar-refractivity contribution is 0.771. The van der Waals surface area contributed by atoms with Crippen LogP contribution in [0.1, 0.15) is 12.5 Å². The molecule has 0 radical (unpaired) electrons. The molecule has 1 aromatic heterocycles. The van der Waals surface area contributed by atoms with Gasteiger partial charge in [0.2, 0.25) is 5.95 Å². The monoisotopic (exact) mass is 235 g/mol. The minimum atomic E-state index is 0.725. The van der Waals surface area contributed by atoms with E-state index in [9.17, 15) is 0 Å². The third-order valence-electron chi connectivity index (χ3n) is 2.50. The number of nitrogens with one attached hydrogen (secondary N) is 1. The van der Waals surface area contributed by atoms with Crippen LogP contribution in [0.25, 0.3) is 0 Å². The summed E-state index contributed by atoms with van der Waals surface area (Å²) in [5, 5.41) is 4.00. The van der Waals surface area contributed by atoms with E-state index in [4.69, 9.17) is 11.6 Å². The fourth-order valence-electron chi connectivity index (χ4n) is 1.54. The number of halogens is 1. The van der Waals surface area contributed by atoms with Crippen molar-refractivity contribution in [3.05, 3.63) is 41.2 Å². The Balaban J connectivity index is 2.30. The molecule has 0 atom stereocenters. The SMILES string of the molecule is CCn1ccnc1Nc1cc(Cl)ccc1C. The molecule has 16 heavy (non-hydrogen) atoms. The van der Waals surface area contributed by atoms with Gasteiger partial charge in [0.1, 0.15) is 0 Å². The normalized spacial score (nSPS) is 10.4. The molecule has 3 nitrogen and oxygen atoms in total. The first kappa shape index (κ1) is 11.0. The Morgan fingerprint density at radius 1 is 1.44 bits per heavy atom. The summed E-state index contributed by atoms with van der Waals surface area (Å²) in [4.78, 5) is 4.26. The third-order valence-corrected chi connectivity index (χ3v) is 2.74. The van der Waals surface area contributed by atoms with Gasteiger partial charge in [-0.15, -0.1) is 0 Å². The highest BCUT2D eigenvalue weighted by Gasteiger charge is 2.04. The smallest absolute Gasteiger partial charge is 0.207 e. The van der Waals surface area contributed by atoms with Gasteiger partial charge in [-0.3, -0.25) is 0 Å². The van der Waals surface area contributed by atoms with E-state index in [2.05, 4.69) is 17.2 Å². The van der Waals surface area contributed by atoms with Crippen molar-refractivity contribution in [1.82, 2.24) is 9.55 Å². The largest absolute Gasteiger partial charge is 0.325 e. The van der Waals surface area contributed by atoms with Crippen molar-refractivity contribution in [3.63, 3.8) is 0 Å². The highest BCUT2D eigenvalue weighted by Crippen LogP contribution is 2.23. The molecular formula is C12H14ClN3. The number of benzene rings is 1. The predicted octanol–water partition coefficient (Wildman–Crippen LogP) is 3.61. The first-order chi connectivity index (χ1) is 7.70. The van der Waals surface area contributed by atoms with Crippen molar-refractivity contribution in [2.24, 2.45) is 0 Å². The number of hydrogen-bond donors (Lipinski definition) is 1. The van der Waals surface area contributed by atoms with Crippen molar-refractivity contribution >= 4 is 23.2 Å². The zero-order valence-corrected chi connectivity index (χ0v) is 10.1. The summed E-state index contributed by atoms with van der Waals surface area (Å²) >= 11 is 5.96. The Morgan fingerprint density at radius 3 is 3.00 bits per heavy atom. The highest BCUT2D eigenvalue weighted by molar-refractivity contribution is 6.30. The van der Waals surface area contributed by atoms with Gasteiger partial charge in [0, 0.05) is 29.6 Å². The predicted molar refractivity (Wildman–Crippen MR) is 67.4 cm³/mol. The van der Waals surface area contributed by atoms with Gasteiger partial charge in [-0.05, 0) is 31.5 Å². The van der Waals surface area contributed by atoms with Crippen LogP contribution in [0.3, 0.4) is 0 Å². The molecule has 0 saturated carbocycles. The second-order valence-corrected chi connectivity index (χ2v) is 4.06. The Bertz CT molecular complexity index is 491. The number of imidazole rings is 1. The van der Waals surface area contributed by atoms with Crippen LogP contribution in [-0.4, -0.2) is 9.55 Å². The molecule has 0 aliphatic heterocycles. The fourth-order valence-corrected chi connectivity index (χ4v) is 1.71. The van der Waals surface area contributed by atoms with E-state index in [1.54, 1.807) is 6.20 Å². The minimum Gasteiger partial charge on any atom is -0.325 e. The summed E-state index contributed by atoms with van der Waals surface area (Å²) < 4.78 is 2.04. The molecule has 1 aromatic carbocycles. The van der Waals surface area contributed by atoms with E-state index in [-0.39, 0.29) is 0 Å². The molecule has 2 rings (SSSR count). The van der Waals surface area contributed by atoms with Gasteiger partial charge < -0.3 is 9.88 Å². The maximum Gasteiger partial charge on any atom is 0.207 e. The maximum absolute atomic E-state index is 5.96. The molecule has 0 amide bonds. The van der Waals surface area contributed by atoms with Gasteiger partial charge in [0.15, 0.2) is 0 Å². The molecule has 84 valence electrons. The molecule has 0 bridgehead atoms. The molecule has 0 unspecified atom stereocenters. The molecule has 0 spiro atoms. The van der Waals surface area contributed by atoms with Crippen molar-refractivity contribution in [2.75, 3.05) is 5.32 Å². The molecular weight excluding hydrogens is 222 g/mol. The number of hydrogen-bond acceptors (Lipinski definition) is 2. The second-order valence-electron chi connectivity index (χ2n) is 3.62. The summed E-state index contributed by atoms with van der Waals surface area (Å²) in [7, 11) is 0. The van der Waals surface area contributed by atoms with E-state index in [0.717, 1.165) is 28.8 Å². The first-order valence-electron chi connectivity index (χ1n) is 5.25. The number of rotatable bonds is 3. The van der Waals surface area contributed by atoms with Crippen molar-refractivity contribution in [3.8, 4) is 0 Å². The zero-order chi connectivity index (χ0) is 11.5. The van der Waals surface area contributed by atoms with E-state index < -0.39 is 0 Å². The fraction of sp³-hybridized carbons (Fsp3) is 0.250. The van der Waals surface area contributed by atoms with Crippen LogP contribution in [0.4, 0.5) is 11.6 Å². The minimum absolute atomic E-state index is 0.725. The van der Waals surface area contributed by atoms with Crippen molar-refractivity contribution in [2.45, 2.75) is 20.4 Å². The molecule has 0 aliphatic rings. The van der Waals surface area contributed by atoms with Gasteiger partial charge in [-0.1, -0.05) is 17.7 Å². The van der Waals surface area contributed by atoms with Crippen LogP contribution in [0.5, 0.6) is 0 Å². The van der Waals surface area contributed by atoms with Crippen LogP contribution < -0.4 is 5.32 Å². The topological polar surface area (TPSA) is 29.9 Å². The van der Waals surface area contributed by atoms with E-state index in [1.807, 2.05) is 35.9 Å². The van der Waals surface area contributed by atoms with E-state index in [1.165, 1.54) is 0 Å². The lowest BCUT2D eigenvalue weighted by Gasteiger charge is -2.10. The van der Waals surface area contributed by atoms with E-state index >= 15 is 0 Å². The van der Waals surface area contributed by atoms with Gasteiger partial charge in [0.05, 0.1) is 0 Å². The Kier molecular flexibility index (Phi) is 3.15. The molecule has 2 aromatic rings. The van der Waals surface area contributed by atoms with Gasteiger partial charge in [-0.25, -0.2) is 4.98 Å². The van der Waals surface area contributed by atoms with Crippen LogP contribution in [0, 0.1) is 6.92 Å². The molecule has 4 heteroatoms. The number of aromatic nitrogens is 2. The molecule has 0 saturated heterocycles. The first-order valence-corrected chi connectivity index (χ1v) is 5.63. The lowest BCUT2D eigenvalue weighted by atomic mass is 10.2. The summed E-state index contributed by atoms with van der Waals surface area (Å²) in [5.74, 6) is 0.841. The van der Waals surface area contributed by atoms with Crippen LogP contribution in [0.2, 0.25) is 5.02 Å².